The second kappa shape index (κ2) is 6.41. The molecule has 20 heavy (non-hydrogen) atoms. The lowest BCUT2D eigenvalue weighted by atomic mass is 10.1. The van der Waals surface area contributed by atoms with Crippen molar-refractivity contribution in [2.75, 3.05) is 12.3 Å². The maximum atomic E-state index is 12.0. The third-order valence-corrected chi connectivity index (χ3v) is 3.13. The van der Waals surface area contributed by atoms with Crippen LogP contribution in [-0.2, 0) is 0 Å². The molecule has 0 fully saturated rings. The Bertz CT molecular complexity index is 602. The highest BCUT2D eigenvalue weighted by Gasteiger charge is 2.12. The number of nitrogen functional groups attached to an aromatic ring is 1. The van der Waals surface area contributed by atoms with E-state index in [0.717, 1.165) is 5.56 Å². The van der Waals surface area contributed by atoms with Crippen molar-refractivity contribution in [3.63, 3.8) is 0 Å². The number of benzene rings is 2. The van der Waals surface area contributed by atoms with Crippen molar-refractivity contribution in [1.29, 1.82) is 0 Å². The molecule has 2 aromatic carbocycles. The normalized spacial score (nSPS) is 11.9. The van der Waals surface area contributed by atoms with Gasteiger partial charge < -0.3 is 16.2 Å². The van der Waals surface area contributed by atoms with Gasteiger partial charge in [-0.3, -0.25) is 4.79 Å². The maximum Gasteiger partial charge on any atom is 0.253 e. The fourth-order valence-corrected chi connectivity index (χ4v) is 2.00. The van der Waals surface area contributed by atoms with Gasteiger partial charge in [0.2, 0.25) is 0 Å². The van der Waals surface area contributed by atoms with Crippen LogP contribution in [0.25, 0.3) is 0 Å². The number of hydrogen-bond acceptors (Lipinski definition) is 3. The Hall–Kier alpha value is -2.04. The summed E-state index contributed by atoms with van der Waals surface area (Å²) in [6, 6.07) is 13.8. The summed E-state index contributed by atoms with van der Waals surface area (Å²) in [6.07, 6.45) is -0.756. The molecule has 0 bridgehead atoms. The highest BCUT2D eigenvalue weighted by molar-refractivity contribution is 6.31. The van der Waals surface area contributed by atoms with Crippen LogP contribution in [-0.4, -0.2) is 17.6 Å². The van der Waals surface area contributed by atoms with Crippen molar-refractivity contribution in [2.45, 2.75) is 6.10 Å². The van der Waals surface area contributed by atoms with Crippen LogP contribution in [0.3, 0.4) is 0 Å². The van der Waals surface area contributed by atoms with Gasteiger partial charge in [0.1, 0.15) is 0 Å². The monoisotopic (exact) mass is 290 g/mol. The summed E-state index contributed by atoms with van der Waals surface area (Å²) >= 11 is 5.78. The van der Waals surface area contributed by atoms with Gasteiger partial charge in [0, 0.05) is 17.3 Å². The smallest absolute Gasteiger partial charge is 0.253 e. The van der Waals surface area contributed by atoms with Crippen molar-refractivity contribution in [1.82, 2.24) is 5.32 Å². The van der Waals surface area contributed by atoms with E-state index >= 15 is 0 Å². The molecular weight excluding hydrogens is 276 g/mol. The highest BCUT2D eigenvalue weighted by Crippen LogP contribution is 2.18. The summed E-state index contributed by atoms with van der Waals surface area (Å²) < 4.78 is 0. The number of hydrogen-bond donors (Lipinski definition) is 3. The highest BCUT2D eigenvalue weighted by atomic mass is 35.5. The van der Waals surface area contributed by atoms with Gasteiger partial charge in [-0.15, -0.1) is 0 Å². The van der Waals surface area contributed by atoms with E-state index in [-0.39, 0.29) is 12.5 Å². The van der Waals surface area contributed by atoms with E-state index in [4.69, 9.17) is 17.3 Å². The van der Waals surface area contributed by atoms with Crippen LogP contribution in [0.1, 0.15) is 22.0 Å². The minimum Gasteiger partial charge on any atom is -0.398 e. The molecule has 5 heteroatoms. The molecule has 0 aliphatic carbocycles. The fourth-order valence-electron chi connectivity index (χ4n) is 1.82. The van der Waals surface area contributed by atoms with E-state index in [1.165, 1.54) is 6.07 Å². The quantitative estimate of drug-likeness (QED) is 0.757. The van der Waals surface area contributed by atoms with Gasteiger partial charge in [0.25, 0.3) is 5.91 Å². The van der Waals surface area contributed by atoms with Crippen LogP contribution in [0.4, 0.5) is 5.69 Å². The molecule has 104 valence electrons. The number of anilines is 1. The molecule has 1 amide bonds. The molecule has 0 saturated heterocycles. The van der Waals surface area contributed by atoms with Gasteiger partial charge >= 0.3 is 0 Å². The topological polar surface area (TPSA) is 75.4 Å². The number of rotatable bonds is 4. The number of halogens is 1. The second-order valence-electron chi connectivity index (χ2n) is 4.37. The molecule has 0 aromatic heterocycles. The Labute approximate surface area is 122 Å². The lowest BCUT2D eigenvalue weighted by Crippen LogP contribution is -2.29. The first-order valence-corrected chi connectivity index (χ1v) is 6.52. The summed E-state index contributed by atoms with van der Waals surface area (Å²) in [7, 11) is 0. The Morgan fingerprint density at radius 1 is 1.25 bits per heavy atom. The van der Waals surface area contributed by atoms with Gasteiger partial charge in [0.05, 0.1) is 11.7 Å². The molecule has 1 atom stereocenters. The minimum atomic E-state index is -0.756. The molecule has 1 unspecified atom stereocenters. The molecule has 0 aliphatic heterocycles. The lowest BCUT2D eigenvalue weighted by Gasteiger charge is -2.13. The molecule has 0 radical (unpaired) electrons. The molecule has 4 N–H and O–H groups in total. The molecule has 0 saturated carbocycles. The van der Waals surface area contributed by atoms with Crippen molar-refractivity contribution in [3.05, 3.63) is 64.7 Å². The predicted molar refractivity (Wildman–Crippen MR) is 79.6 cm³/mol. The van der Waals surface area contributed by atoms with E-state index in [0.29, 0.717) is 16.3 Å². The molecule has 2 aromatic rings. The standard InChI is InChI=1S/C15H15ClN2O2/c16-11-6-7-12(13(17)8-11)15(20)18-9-14(19)10-4-2-1-3-5-10/h1-8,14,19H,9,17H2,(H,18,20). The van der Waals surface area contributed by atoms with Crippen molar-refractivity contribution in [3.8, 4) is 0 Å². The summed E-state index contributed by atoms with van der Waals surface area (Å²) in [5.74, 6) is -0.339. The van der Waals surface area contributed by atoms with Crippen LogP contribution >= 0.6 is 11.6 Å². The average Bonchev–Trinajstić information content (AvgIpc) is 2.45. The number of carbonyl (C=O) groups is 1. The summed E-state index contributed by atoms with van der Waals surface area (Å²) in [4.78, 5) is 12.0. The summed E-state index contributed by atoms with van der Waals surface area (Å²) in [6.45, 7) is 0.116. The predicted octanol–water partition coefficient (Wildman–Crippen LogP) is 2.39. The van der Waals surface area contributed by atoms with E-state index in [1.54, 1.807) is 24.3 Å². The third kappa shape index (κ3) is 3.50. The molecule has 4 nitrogen and oxygen atoms in total. The van der Waals surface area contributed by atoms with Crippen molar-refractivity contribution < 1.29 is 9.90 Å². The minimum absolute atomic E-state index is 0.116. The van der Waals surface area contributed by atoms with E-state index in [9.17, 15) is 9.90 Å². The number of nitrogens with one attached hydrogen (secondary N) is 1. The van der Waals surface area contributed by atoms with Gasteiger partial charge in [-0.1, -0.05) is 41.9 Å². The number of aliphatic hydroxyl groups is 1. The van der Waals surface area contributed by atoms with Crippen LogP contribution < -0.4 is 11.1 Å². The first-order valence-electron chi connectivity index (χ1n) is 6.14. The zero-order valence-corrected chi connectivity index (χ0v) is 11.5. The Kier molecular flexibility index (Phi) is 4.61. The Morgan fingerprint density at radius 2 is 1.95 bits per heavy atom. The van der Waals surface area contributed by atoms with Gasteiger partial charge in [-0.25, -0.2) is 0 Å². The lowest BCUT2D eigenvalue weighted by molar-refractivity contribution is 0.0917. The average molecular weight is 291 g/mol. The van der Waals surface area contributed by atoms with Crippen molar-refractivity contribution >= 4 is 23.2 Å². The van der Waals surface area contributed by atoms with Crippen LogP contribution in [0.15, 0.2) is 48.5 Å². The second-order valence-corrected chi connectivity index (χ2v) is 4.80. The maximum absolute atomic E-state index is 12.0. The largest absolute Gasteiger partial charge is 0.398 e. The van der Waals surface area contributed by atoms with Gasteiger partial charge in [0.15, 0.2) is 0 Å². The summed E-state index contributed by atoms with van der Waals surface area (Å²) in [5.41, 5.74) is 7.13. The van der Waals surface area contributed by atoms with Crippen LogP contribution in [0.5, 0.6) is 0 Å². The third-order valence-electron chi connectivity index (χ3n) is 2.90. The van der Waals surface area contributed by atoms with E-state index < -0.39 is 6.10 Å². The summed E-state index contributed by atoms with van der Waals surface area (Å²) in [5, 5.41) is 13.1. The zero-order chi connectivity index (χ0) is 14.5. The molecule has 0 aliphatic rings. The van der Waals surface area contributed by atoms with Gasteiger partial charge in [-0.05, 0) is 23.8 Å². The Balaban J connectivity index is 1.99. The molecule has 0 heterocycles. The van der Waals surface area contributed by atoms with E-state index in [1.807, 2.05) is 18.2 Å². The SMILES string of the molecule is Nc1cc(Cl)ccc1C(=O)NCC(O)c1ccccc1. The van der Waals surface area contributed by atoms with E-state index in [2.05, 4.69) is 5.32 Å². The Morgan fingerprint density at radius 3 is 2.60 bits per heavy atom. The zero-order valence-electron chi connectivity index (χ0n) is 10.7. The van der Waals surface area contributed by atoms with Crippen molar-refractivity contribution in [2.24, 2.45) is 0 Å². The number of nitrogens with two attached hydrogens (primary N) is 1. The number of carbonyl (C=O) groups excluding carboxylic acids is 1. The number of aliphatic hydroxyl groups excluding tert-OH is 1. The van der Waals surface area contributed by atoms with Crippen LogP contribution in [0, 0.1) is 0 Å². The molecule has 2 rings (SSSR count). The molecular formula is C15H15ClN2O2. The number of amides is 1. The first kappa shape index (κ1) is 14.4. The first-order chi connectivity index (χ1) is 9.58. The van der Waals surface area contributed by atoms with Crippen LogP contribution in [0.2, 0.25) is 5.02 Å². The van der Waals surface area contributed by atoms with Gasteiger partial charge in [-0.2, -0.15) is 0 Å². The molecule has 0 spiro atoms. The fraction of sp³-hybridized carbons (Fsp3) is 0.133.